The van der Waals surface area contributed by atoms with Crippen LogP contribution in [-0.2, 0) is 4.79 Å². The van der Waals surface area contributed by atoms with Gasteiger partial charge in [-0.05, 0) is 68.7 Å². The molecule has 0 radical (unpaired) electrons. The molecule has 1 aromatic heterocycles. The van der Waals surface area contributed by atoms with Crippen LogP contribution >= 0.6 is 0 Å². The first-order valence-electron chi connectivity index (χ1n) is 11.1. The van der Waals surface area contributed by atoms with Crippen LogP contribution in [0.25, 0.3) is 10.9 Å². The predicted octanol–water partition coefficient (Wildman–Crippen LogP) is 2.76. The number of fused-ring (bicyclic) bond motifs is 1. The molecule has 2 saturated heterocycles. The van der Waals surface area contributed by atoms with Crippen LogP contribution in [0.4, 0.5) is 0 Å². The summed E-state index contributed by atoms with van der Waals surface area (Å²) in [6.07, 6.45) is 8.28. The van der Waals surface area contributed by atoms with Crippen LogP contribution in [0.5, 0.6) is 0 Å². The number of nitrogens with zero attached hydrogens (tertiary/aromatic N) is 2. The molecule has 1 aromatic carbocycles. The molecule has 6 heteroatoms. The SMILES string of the molecule is O=C(NC1CC1)[C@@H]1CCCN(C2CCN(C(=O)c3ccc4cc[nH]c4c3)CC2)C1. The Morgan fingerprint density at radius 3 is 2.62 bits per heavy atom. The van der Waals surface area contributed by atoms with Crippen molar-refractivity contribution in [2.45, 2.75) is 50.6 Å². The molecule has 2 amide bonds. The van der Waals surface area contributed by atoms with Crippen LogP contribution in [-0.4, -0.2) is 64.9 Å². The van der Waals surface area contributed by atoms with Crippen molar-refractivity contribution in [1.82, 2.24) is 20.1 Å². The number of likely N-dealkylation sites (tertiary alicyclic amines) is 2. The number of piperidine rings is 2. The molecular weight excluding hydrogens is 364 g/mol. The molecule has 3 aliphatic rings. The Bertz CT molecular complexity index is 895. The third-order valence-corrected chi connectivity index (χ3v) is 6.82. The first-order chi connectivity index (χ1) is 14.2. The summed E-state index contributed by atoms with van der Waals surface area (Å²) in [4.78, 5) is 33.1. The Kier molecular flexibility index (Phi) is 5.04. The van der Waals surface area contributed by atoms with E-state index in [9.17, 15) is 9.59 Å². The van der Waals surface area contributed by atoms with Gasteiger partial charge in [0.2, 0.25) is 5.91 Å². The number of hydrogen-bond acceptors (Lipinski definition) is 3. The largest absolute Gasteiger partial charge is 0.361 e. The average Bonchev–Trinajstić information content (AvgIpc) is 3.46. The molecule has 0 spiro atoms. The van der Waals surface area contributed by atoms with Crippen molar-refractivity contribution in [3.8, 4) is 0 Å². The highest BCUT2D eigenvalue weighted by Gasteiger charge is 2.34. The van der Waals surface area contributed by atoms with E-state index in [0.29, 0.717) is 12.1 Å². The zero-order valence-electron chi connectivity index (χ0n) is 16.9. The Morgan fingerprint density at radius 1 is 1.00 bits per heavy atom. The second-order valence-electron chi connectivity index (χ2n) is 8.92. The van der Waals surface area contributed by atoms with Crippen LogP contribution in [0.15, 0.2) is 30.5 Å². The molecule has 3 heterocycles. The third-order valence-electron chi connectivity index (χ3n) is 6.82. The Morgan fingerprint density at radius 2 is 1.83 bits per heavy atom. The molecular formula is C23H30N4O2. The van der Waals surface area contributed by atoms with E-state index in [1.165, 1.54) is 0 Å². The number of carbonyl (C=O) groups is 2. The summed E-state index contributed by atoms with van der Waals surface area (Å²) >= 11 is 0. The highest BCUT2D eigenvalue weighted by molar-refractivity contribution is 5.98. The third kappa shape index (κ3) is 4.04. The number of H-pyrrole nitrogens is 1. The van der Waals surface area contributed by atoms with E-state index in [1.54, 1.807) is 0 Å². The summed E-state index contributed by atoms with van der Waals surface area (Å²) in [5, 5.41) is 4.31. The number of rotatable bonds is 4. The maximum Gasteiger partial charge on any atom is 0.253 e. The van der Waals surface area contributed by atoms with Crippen molar-refractivity contribution in [1.29, 1.82) is 0 Å². The minimum absolute atomic E-state index is 0.125. The van der Waals surface area contributed by atoms with Gasteiger partial charge in [0.05, 0.1) is 5.92 Å². The molecule has 154 valence electrons. The maximum atomic E-state index is 12.9. The van der Waals surface area contributed by atoms with E-state index in [-0.39, 0.29) is 17.7 Å². The summed E-state index contributed by atoms with van der Waals surface area (Å²) in [5.41, 5.74) is 1.77. The summed E-state index contributed by atoms with van der Waals surface area (Å²) in [6.45, 7) is 3.54. The lowest BCUT2D eigenvalue weighted by atomic mass is 9.93. The van der Waals surface area contributed by atoms with Crippen molar-refractivity contribution in [3.63, 3.8) is 0 Å². The first-order valence-corrected chi connectivity index (χ1v) is 11.1. The lowest BCUT2D eigenvalue weighted by molar-refractivity contribution is -0.127. The number of nitrogens with one attached hydrogen (secondary N) is 2. The smallest absolute Gasteiger partial charge is 0.253 e. The molecule has 2 aromatic rings. The quantitative estimate of drug-likeness (QED) is 0.838. The molecule has 1 aliphatic carbocycles. The highest BCUT2D eigenvalue weighted by atomic mass is 16.2. The fourth-order valence-corrected chi connectivity index (χ4v) is 4.90. The maximum absolute atomic E-state index is 12.9. The van der Waals surface area contributed by atoms with Gasteiger partial charge >= 0.3 is 0 Å². The number of hydrogen-bond donors (Lipinski definition) is 2. The van der Waals surface area contributed by atoms with Gasteiger partial charge in [-0.3, -0.25) is 14.5 Å². The van der Waals surface area contributed by atoms with Crippen molar-refractivity contribution >= 4 is 22.7 Å². The predicted molar refractivity (Wildman–Crippen MR) is 113 cm³/mol. The van der Waals surface area contributed by atoms with E-state index in [1.807, 2.05) is 35.4 Å². The van der Waals surface area contributed by atoms with Gasteiger partial charge in [0.15, 0.2) is 0 Å². The number of carbonyl (C=O) groups excluding carboxylic acids is 2. The normalized spacial score (nSPS) is 24.0. The van der Waals surface area contributed by atoms with E-state index < -0.39 is 0 Å². The van der Waals surface area contributed by atoms with Gasteiger partial charge in [-0.25, -0.2) is 0 Å². The number of benzene rings is 1. The van der Waals surface area contributed by atoms with Gasteiger partial charge in [0.25, 0.3) is 5.91 Å². The molecule has 0 unspecified atom stereocenters. The van der Waals surface area contributed by atoms with E-state index >= 15 is 0 Å². The Hall–Kier alpha value is -2.34. The number of aromatic amines is 1. The van der Waals surface area contributed by atoms with Crippen LogP contribution in [0.2, 0.25) is 0 Å². The molecule has 2 N–H and O–H groups in total. The van der Waals surface area contributed by atoms with Gasteiger partial charge in [-0.15, -0.1) is 0 Å². The van der Waals surface area contributed by atoms with Crippen molar-refractivity contribution in [3.05, 3.63) is 36.0 Å². The lowest BCUT2D eigenvalue weighted by Gasteiger charge is -2.42. The topological polar surface area (TPSA) is 68.4 Å². The molecule has 2 aliphatic heterocycles. The first kappa shape index (κ1) is 18.7. The average molecular weight is 395 g/mol. The van der Waals surface area contributed by atoms with Crippen LogP contribution < -0.4 is 5.32 Å². The molecule has 3 fully saturated rings. The Balaban J connectivity index is 1.16. The minimum atomic E-state index is 0.125. The van der Waals surface area contributed by atoms with Crippen molar-refractivity contribution in [2.24, 2.45) is 5.92 Å². The lowest BCUT2D eigenvalue weighted by Crippen LogP contribution is -2.51. The van der Waals surface area contributed by atoms with Gasteiger partial charge in [-0.2, -0.15) is 0 Å². The summed E-state index contributed by atoms with van der Waals surface area (Å²) in [5.74, 6) is 0.515. The van der Waals surface area contributed by atoms with Crippen molar-refractivity contribution < 1.29 is 9.59 Å². The second kappa shape index (κ2) is 7.82. The van der Waals surface area contributed by atoms with Crippen LogP contribution in [0, 0.1) is 5.92 Å². The summed E-state index contributed by atoms with van der Waals surface area (Å²) in [7, 11) is 0. The Labute approximate surface area is 171 Å². The standard InChI is InChI=1S/C23H30N4O2/c28-22(25-19-5-6-19)18-2-1-11-27(15-18)20-8-12-26(13-9-20)23(29)17-4-3-16-7-10-24-21(16)14-17/h3-4,7,10,14,18-20,24H,1-2,5-6,8-9,11-13,15H2,(H,25,28)/t18-/m1/s1. The van der Waals surface area contributed by atoms with E-state index in [0.717, 1.165) is 81.2 Å². The zero-order chi connectivity index (χ0) is 19.8. The summed E-state index contributed by atoms with van der Waals surface area (Å²) in [6, 6.07) is 8.84. The van der Waals surface area contributed by atoms with Crippen molar-refractivity contribution in [2.75, 3.05) is 26.2 Å². The fraction of sp³-hybridized carbons (Fsp3) is 0.565. The van der Waals surface area contributed by atoms with Crippen LogP contribution in [0.3, 0.4) is 0 Å². The van der Waals surface area contributed by atoms with Gasteiger partial charge in [0.1, 0.15) is 0 Å². The molecule has 6 nitrogen and oxygen atoms in total. The van der Waals surface area contributed by atoms with Gasteiger partial charge in [-0.1, -0.05) is 6.07 Å². The molecule has 1 atom stereocenters. The zero-order valence-corrected chi connectivity index (χ0v) is 16.9. The van der Waals surface area contributed by atoms with Gasteiger partial charge < -0.3 is 15.2 Å². The van der Waals surface area contributed by atoms with E-state index in [4.69, 9.17) is 0 Å². The monoisotopic (exact) mass is 394 g/mol. The molecule has 29 heavy (non-hydrogen) atoms. The number of aromatic nitrogens is 1. The minimum Gasteiger partial charge on any atom is -0.361 e. The second-order valence-corrected chi connectivity index (χ2v) is 8.92. The van der Waals surface area contributed by atoms with Crippen LogP contribution in [0.1, 0.15) is 48.9 Å². The van der Waals surface area contributed by atoms with Gasteiger partial charge in [0, 0.05) is 49.0 Å². The van der Waals surface area contributed by atoms with E-state index in [2.05, 4.69) is 15.2 Å². The fourth-order valence-electron chi connectivity index (χ4n) is 4.90. The molecule has 1 saturated carbocycles. The highest BCUT2D eigenvalue weighted by Crippen LogP contribution is 2.26. The molecule has 5 rings (SSSR count). The number of amides is 2. The summed E-state index contributed by atoms with van der Waals surface area (Å²) < 4.78 is 0. The molecule has 0 bridgehead atoms.